The van der Waals surface area contributed by atoms with Gasteiger partial charge < -0.3 is 13.4 Å². The zero-order chi connectivity index (χ0) is 39.8. The van der Waals surface area contributed by atoms with E-state index in [-0.39, 0.29) is 0 Å². The lowest BCUT2D eigenvalue weighted by Gasteiger charge is -2.17. The zero-order valence-electron chi connectivity index (χ0n) is 32.4. The van der Waals surface area contributed by atoms with Gasteiger partial charge in [0.2, 0.25) is 0 Å². The number of para-hydroxylation sites is 2. The van der Waals surface area contributed by atoms with Gasteiger partial charge >= 0.3 is 0 Å². The van der Waals surface area contributed by atoms with E-state index in [0.717, 1.165) is 77.3 Å². The molecule has 0 unspecified atom stereocenters. The Balaban J connectivity index is 1.15. The third-order valence-electron chi connectivity index (χ3n) is 12.6. The summed E-state index contributed by atoms with van der Waals surface area (Å²) in [5.74, 6) is 1.68. The van der Waals surface area contributed by atoms with Gasteiger partial charge in [-0.25, -0.2) is 15.0 Å². The summed E-state index contributed by atoms with van der Waals surface area (Å²) in [5, 5.41) is 8.84. The van der Waals surface area contributed by atoms with Crippen LogP contribution in [0.25, 0.3) is 139 Å². The molecule has 0 spiro atoms. The number of furan rings is 2. The van der Waals surface area contributed by atoms with Crippen molar-refractivity contribution in [1.82, 2.24) is 19.5 Å². The molecule has 0 bridgehead atoms. The van der Waals surface area contributed by atoms with Crippen molar-refractivity contribution in [3.8, 4) is 62.1 Å². The summed E-state index contributed by atoms with van der Waals surface area (Å²) in [6.45, 7) is 0. The van der Waals surface area contributed by atoms with Crippen molar-refractivity contribution in [3.05, 3.63) is 182 Å². The molecular formula is C55H30N4O2. The van der Waals surface area contributed by atoms with Crippen LogP contribution in [0.4, 0.5) is 0 Å². The van der Waals surface area contributed by atoms with Crippen molar-refractivity contribution >= 4 is 76.5 Å². The van der Waals surface area contributed by atoms with Crippen LogP contribution in [0.2, 0.25) is 0 Å². The average Bonchev–Trinajstić information content (AvgIpc) is 3.98. The van der Waals surface area contributed by atoms with Crippen molar-refractivity contribution in [1.29, 1.82) is 0 Å². The molecule has 13 aromatic rings. The maximum absolute atomic E-state index is 6.63. The molecule has 0 atom stereocenters. The SMILES string of the molecule is c1ccc(-c2nc(-c3cccc4oc5ccccc5c34)nc(-c3c(-n4c5cccc6c5c5c7c(cccc7ccc54)-c4ccccc4-6)ccc4oc5ccccc5c34)n2)cc1. The van der Waals surface area contributed by atoms with E-state index < -0.39 is 0 Å². The fourth-order valence-corrected chi connectivity index (χ4v) is 10.1. The maximum Gasteiger partial charge on any atom is 0.166 e. The molecule has 0 saturated carbocycles. The van der Waals surface area contributed by atoms with Crippen LogP contribution in [0.1, 0.15) is 0 Å². The fourth-order valence-electron chi connectivity index (χ4n) is 10.1. The van der Waals surface area contributed by atoms with E-state index in [9.17, 15) is 0 Å². The molecule has 0 amide bonds. The van der Waals surface area contributed by atoms with Gasteiger partial charge in [-0.2, -0.15) is 0 Å². The average molecular weight is 779 g/mol. The molecule has 9 aromatic carbocycles. The molecule has 0 radical (unpaired) electrons. The van der Waals surface area contributed by atoms with Gasteiger partial charge in [-0.3, -0.25) is 0 Å². The number of hydrogen-bond acceptors (Lipinski definition) is 5. The molecule has 4 heterocycles. The molecule has 14 rings (SSSR count). The highest BCUT2D eigenvalue weighted by Crippen LogP contribution is 2.51. The first-order chi connectivity index (χ1) is 30.3. The second-order valence-electron chi connectivity index (χ2n) is 15.8. The second-order valence-corrected chi connectivity index (χ2v) is 15.8. The lowest BCUT2D eigenvalue weighted by atomic mass is 9.93. The molecular weight excluding hydrogens is 749 g/mol. The minimum absolute atomic E-state index is 0.547. The van der Waals surface area contributed by atoms with Gasteiger partial charge in [-0.15, -0.1) is 0 Å². The first kappa shape index (κ1) is 32.6. The predicted octanol–water partition coefficient (Wildman–Crippen LogP) is 14.6. The minimum Gasteiger partial charge on any atom is -0.456 e. The monoisotopic (exact) mass is 778 g/mol. The summed E-state index contributed by atoms with van der Waals surface area (Å²) in [6.07, 6.45) is 0. The highest BCUT2D eigenvalue weighted by molar-refractivity contribution is 6.31. The van der Waals surface area contributed by atoms with E-state index in [0.29, 0.717) is 17.5 Å². The smallest absolute Gasteiger partial charge is 0.166 e. The Labute approximate surface area is 347 Å². The third-order valence-corrected chi connectivity index (χ3v) is 12.6. The molecule has 0 aliphatic heterocycles. The van der Waals surface area contributed by atoms with E-state index in [4.69, 9.17) is 23.8 Å². The van der Waals surface area contributed by atoms with Gasteiger partial charge in [0.15, 0.2) is 17.5 Å². The van der Waals surface area contributed by atoms with Crippen LogP contribution >= 0.6 is 0 Å². The Kier molecular flexibility index (Phi) is 6.46. The van der Waals surface area contributed by atoms with Gasteiger partial charge in [0.25, 0.3) is 0 Å². The Morgan fingerprint density at radius 3 is 1.70 bits per heavy atom. The highest BCUT2D eigenvalue weighted by atomic mass is 16.3. The number of benzene rings is 9. The zero-order valence-corrected chi connectivity index (χ0v) is 32.4. The summed E-state index contributed by atoms with van der Waals surface area (Å²) in [5.41, 5.74) is 13.9. The summed E-state index contributed by atoms with van der Waals surface area (Å²) in [4.78, 5) is 16.2. The molecule has 61 heavy (non-hydrogen) atoms. The number of rotatable bonds is 4. The van der Waals surface area contributed by atoms with Crippen LogP contribution < -0.4 is 0 Å². The predicted molar refractivity (Wildman–Crippen MR) is 247 cm³/mol. The van der Waals surface area contributed by atoms with E-state index in [1.165, 1.54) is 43.8 Å². The van der Waals surface area contributed by atoms with E-state index in [1.54, 1.807) is 0 Å². The number of hydrogen-bond donors (Lipinski definition) is 0. The van der Waals surface area contributed by atoms with Crippen molar-refractivity contribution in [2.24, 2.45) is 0 Å². The Hall–Kier alpha value is -8.35. The largest absolute Gasteiger partial charge is 0.456 e. The van der Waals surface area contributed by atoms with Crippen LogP contribution in [0, 0.1) is 0 Å². The molecule has 1 aliphatic rings. The maximum atomic E-state index is 6.63. The van der Waals surface area contributed by atoms with E-state index in [2.05, 4.69) is 126 Å². The number of aromatic nitrogens is 4. The van der Waals surface area contributed by atoms with Crippen LogP contribution in [0.5, 0.6) is 0 Å². The Morgan fingerprint density at radius 2 is 0.902 bits per heavy atom. The van der Waals surface area contributed by atoms with Crippen molar-refractivity contribution < 1.29 is 8.83 Å². The van der Waals surface area contributed by atoms with Gasteiger partial charge in [0.05, 0.1) is 22.3 Å². The molecule has 0 fully saturated rings. The molecule has 0 saturated heterocycles. The summed E-state index contributed by atoms with van der Waals surface area (Å²) in [7, 11) is 0. The van der Waals surface area contributed by atoms with Crippen LogP contribution in [-0.2, 0) is 0 Å². The Bertz CT molecular complexity index is 4010. The topological polar surface area (TPSA) is 69.9 Å². The lowest BCUT2D eigenvalue weighted by molar-refractivity contribution is 0.668. The molecule has 6 heteroatoms. The van der Waals surface area contributed by atoms with E-state index >= 15 is 0 Å². The fraction of sp³-hybridized carbons (Fsp3) is 0. The number of fused-ring (bicyclic) bond motifs is 9. The van der Waals surface area contributed by atoms with Crippen molar-refractivity contribution in [2.75, 3.05) is 0 Å². The normalized spacial score (nSPS) is 12.3. The molecule has 4 aromatic heterocycles. The quantitative estimate of drug-likeness (QED) is 0.178. The third kappa shape index (κ3) is 4.48. The second kappa shape index (κ2) is 12.1. The standard InChI is InChI=1S/C55H30N4O2/c1-2-13-32(14-3-1)53-56-54(39-22-12-26-45-48(39)37-18-6-8-24-43(37)60-45)58-55(57-53)52-42(29-30-46-50(52)38-19-7-9-25-44(38)61-46)59-40-23-11-21-36-34-17-5-4-16-33(34)35-20-10-15-31-27-28-41(59)51(47(31)35)49(36)40/h1-30H. The van der Waals surface area contributed by atoms with Gasteiger partial charge in [0.1, 0.15) is 22.3 Å². The summed E-state index contributed by atoms with van der Waals surface area (Å²) >= 11 is 0. The van der Waals surface area contributed by atoms with Crippen LogP contribution in [-0.4, -0.2) is 19.5 Å². The van der Waals surface area contributed by atoms with Crippen molar-refractivity contribution in [2.45, 2.75) is 0 Å². The van der Waals surface area contributed by atoms with Gasteiger partial charge in [0, 0.05) is 43.4 Å². The Morgan fingerprint density at radius 1 is 0.328 bits per heavy atom. The first-order valence-corrected chi connectivity index (χ1v) is 20.5. The van der Waals surface area contributed by atoms with Crippen LogP contribution in [0.15, 0.2) is 191 Å². The summed E-state index contributed by atoms with van der Waals surface area (Å²) < 4.78 is 15.4. The minimum atomic E-state index is 0.547. The lowest BCUT2D eigenvalue weighted by Crippen LogP contribution is -2.04. The molecule has 282 valence electrons. The first-order valence-electron chi connectivity index (χ1n) is 20.5. The van der Waals surface area contributed by atoms with Gasteiger partial charge in [-0.05, 0) is 75.5 Å². The highest BCUT2D eigenvalue weighted by Gasteiger charge is 2.28. The molecule has 6 nitrogen and oxygen atoms in total. The van der Waals surface area contributed by atoms with Gasteiger partial charge in [-0.1, -0.05) is 140 Å². The van der Waals surface area contributed by atoms with Crippen LogP contribution in [0.3, 0.4) is 0 Å². The molecule has 0 N–H and O–H groups in total. The van der Waals surface area contributed by atoms with Crippen molar-refractivity contribution in [3.63, 3.8) is 0 Å². The number of nitrogens with zero attached hydrogens (tertiary/aromatic N) is 4. The molecule has 1 aliphatic carbocycles. The van der Waals surface area contributed by atoms with E-state index in [1.807, 2.05) is 60.7 Å². The summed E-state index contributed by atoms with van der Waals surface area (Å²) in [6, 6.07) is 63.7.